The van der Waals surface area contributed by atoms with Crippen LogP contribution in [-0.4, -0.2) is 10.9 Å². The SMILES string of the molecule is Cc1cc(CC(N)=O)c2cccc(C(C)(C)C)c2n1. The highest BCUT2D eigenvalue weighted by Crippen LogP contribution is 2.30. The van der Waals surface area contributed by atoms with Gasteiger partial charge in [0.25, 0.3) is 0 Å². The lowest BCUT2D eigenvalue weighted by Gasteiger charge is -2.21. The van der Waals surface area contributed by atoms with Gasteiger partial charge in [0.2, 0.25) is 5.91 Å². The Hall–Kier alpha value is -1.90. The number of rotatable bonds is 2. The maximum atomic E-state index is 11.2. The predicted octanol–water partition coefficient (Wildman–Crippen LogP) is 2.87. The molecule has 0 unspecified atom stereocenters. The smallest absolute Gasteiger partial charge is 0.221 e. The third kappa shape index (κ3) is 2.75. The standard InChI is InChI=1S/C16H20N2O/c1-10-8-11(9-14(17)19)12-6-5-7-13(15(12)18-10)16(2,3)4/h5-8H,9H2,1-4H3,(H2,17,19). The molecule has 1 amide bonds. The fourth-order valence-corrected chi connectivity index (χ4v) is 2.40. The van der Waals surface area contributed by atoms with Gasteiger partial charge in [-0.3, -0.25) is 9.78 Å². The molecule has 0 aliphatic heterocycles. The molecule has 0 fully saturated rings. The highest BCUT2D eigenvalue weighted by Gasteiger charge is 2.19. The lowest BCUT2D eigenvalue weighted by Crippen LogP contribution is -2.16. The Morgan fingerprint density at radius 3 is 2.58 bits per heavy atom. The Morgan fingerprint density at radius 2 is 2.00 bits per heavy atom. The van der Waals surface area contributed by atoms with Crippen LogP contribution in [0.1, 0.15) is 37.6 Å². The molecule has 0 spiro atoms. The first-order valence-corrected chi connectivity index (χ1v) is 6.47. The largest absolute Gasteiger partial charge is 0.369 e. The Labute approximate surface area is 113 Å². The maximum absolute atomic E-state index is 11.2. The fourth-order valence-electron chi connectivity index (χ4n) is 2.40. The molecule has 3 heteroatoms. The first-order valence-electron chi connectivity index (χ1n) is 6.47. The van der Waals surface area contributed by atoms with Crippen LogP contribution < -0.4 is 5.73 Å². The van der Waals surface area contributed by atoms with E-state index in [0.717, 1.165) is 22.2 Å². The van der Waals surface area contributed by atoms with Crippen molar-refractivity contribution in [1.82, 2.24) is 4.98 Å². The molecule has 0 aliphatic carbocycles. The number of amides is 1. The van der Waals surface area contributed by atoms with Crippen LogP contribution in [0.2, 0.25) is 0 Å². The highest BCUT2D eigenvalue weighted by atomic mass is 16.1. The van der Waals surface area contributed by atoms with Crippen molar-refractivity contribution >= 4 is 16.8 Å². The van der Waals surface area contributed by atoms with Crippen LogP contribution >= 0.6 is 0 Å². The van der Waals surface area contributed by atoms with Gasteiger partial charge in [0.1, 0.15) is 0 Å². The van der Waals surface area contributed by atoms with Gasteiger partial charge in [-0.1, -0.05) is 39.0 Å². The van der Waals surface area contributed by atoms with Crippen LogP contribution in [0.4, 0.5) is 0 Å². The highest BCUT2D eigenvalue weighted by molar-refractivity contribution is 5.90. The number of primary amides is 1. The second-order valence-corrected chi connectivity index (χ2v) is 6.02. The molecule has 1 heterocycles. The van der Waals surface area contributed by atoms with Crippen molar-refractivity contribution in [2.45, 2.75) is 39.5 Å². The summed E-state index contributed by atoms with van der Waals surface area (Å²) in [5, 5.41) is 1.02. The summed E-state index contributed by atoms with van der Waals surface area (Å²) in [6.45, 7) is 8.45. The van der Waals surface area contributed by atoms with E-state index in [1.54, 1.807) is 0 Å². The zero-order valence-electron chi connectivity index (χ0n) is 11.9. The number of carbonyl (C=O) groups is 1. The number of fused-ring (bicyclic) bond motifs is 1. The van der Waals surface area contributed by atoms with E-state index in [0.29, 0.717) is 0 Å². The Bertz CT molecular complexity index is 639. The number of para-hydroxylation sites is 1. The summed E-state index contributed by atoms with van der Waals surface area (Å²) in [5.41, 5.74) is 9.40. The van der Waals surface area contributed by atoms with Gasteiger partial charge in [0.15, 0.2) is 0 Å². The van der Waals surface area contributed by atoms with Gasteiger partial charge in [-0.15, -0.1) is 0 Å². The minimum absolute atomic E-state index is 0.0182. The number of aromatic nitrogens is 1. The molecule has 3 nitrogen and oxygen atoms in total. The van der Waals surface area contributed by atoms with Crippen LogP contribution in [0.15, 0.2) is 24.3 Å². The quantitative estimate of drug-likeness (QED) is 0.898. The molecule has 1 aromatic carbocycles. The van der Waals surface area contributed by atoms with Gasteiger partial charge >= 0.3 is 0 Å². The first-order chi connectivity index (χ1) is 8.79. The molecule has 0 bridgehead atoms. The number of carbonyl (C=O) groups excluding carboxylic acids is 1. The Kier molecular flexibility index (Phi) is 3.31. The first kappa shape index (κ1) is 13.5. The second kappa shape index (κ2) is 4.65. The van der Waals surface area contributed by atoms with Crippen LogP contribution in [-0.2, 0) is 16.6 Å². The van der Waals surface area contributed by atoms with Crippen molar-refractivity contribution in [3.63, 3.8) is 0 Å². The lowest BCUT2D eigenvalue weighted by molar-refractivity contribution is -0.117. The molecule has 1 aromatic heterocycles. The minimum Gasteiger partial charge on any atom is -0.369 e. The van der Waals surface area contributed by atoms with Gasteiger partial charge in [-0.25, -0.2) is 0 Å². The minimum atomic E-state index is -0.312. The molecule has 0 radical (unpaired) electrons. The van der Waals surface area contributed by atoms with E-state index >= 15 is 0 Å². The van der Waals surface area contributed by atoms with Gasteiger partial charge in [0, 0.05) is 11.1 Å². The second-order valence-electron chi connectivity index (χ2n) is 6.02. The summed E-state index contributed by atoms with van der Waals surface area (Å²) in [4.78, 5) is 15.9. The Balaban J connectivity index is 2.77. The molecule has 0 atom stereocenters. The molecule has 2 aromatic rings. The summed E-state index contributed by atoms with van der Waals surface area (Å²) < 4.78 is 0. The van der Waals surface area contributed by atoms with Crippen molar-refractivity contribution in [3.05, 3.63) is 41.1 Å². The van der Waals surface area contributed by atoms with Gasteiger partial charge in [-0.05, 0) is 29.5 Å². The monoisotopic (exact) mass is 256 g/mol. The summed E-state index contributed by atoms with van der Waals surface area (Å²) in [6, 6.07) is 8.07. The lowest BCUT2D eigenvalue weighted by atomic mass is 9.84. The maximum Gasteiger partial charge on any atom is 0.221 e. The average molecular weight is 256 g/mol. The fraction of sp³-hybridized carbons (Fsp3) is 0.375. The third-order valence-corrected chi connectivity index (χ3v) is 3.23. The van der Waals surface area contributed by atoms with Crippen LogP contribution in [0.25, 0.3) is 10.9 Å². The summed E-state index contributed by atoms with van der Waals surface area (Å²) >= 11 is 0. The van der Waals surface area contributed by atoms with E-state index in [1.165, 1.54) is 5.56 Å². The molecule has 0 saturated carbocycles. The third-order valence-electron chi connectivity index (χ3n) is 3.23. The van der Waals surface area contributed by atoms with E-state index in [1.807, 2.05) is 25.1 Å². The van der Waals surface area contributed by atoms with Crippen molar-refractivity contribution in [1.29, 1.82) is 0 Å². The summed E-state index contributed by atoms with van der Waals surface area (Å²) in [5.74, 6) is -0.312. The summed E-state index contributed by atoms with van der Waals surface area (Å²) in [6.07, 6.45) is 0.257. The normalized spacial score (nSPS) is 11.8. The van der Waals surface area contributed by atoms with Crippen molar-refractivity contribution in [2.75, 3.05) is 0 Å². The van der Waals surface area contributed by atoms with E-state index in [-0.39, 0.29) is 17.7 Å². The van der Waals surface area contributed by atoms with Crippen molar-refractivity contribution in [2.24, 2.45) is 5.73 Å². The van der Waals surface area contributed by atoms with Gasteiger partial charge in [0.05, 0.1) is 11.9 Å². The summed E-state index contributed by atoms with van der Waals surface area (Å²) in [7, 11) is 0. The number of pyridine rings is 1. The van der Waals surface area contributed by atoms with E-state index in [2.05, 4.69) is 31.8 Å². The number of nitrogens with two attached hydrogens (primary N) is 1. The molecule has 19 heavy (non-hydrogen) atoms. The zero-order chi connectivity index (χ0) is 14.2. The zero-order valence-corrected chi connectivity index (χ0v) is 11.9. The van der Waals surface area contributed by atoms with Gasteiger partial charge < -0.3 is 5.73 Å². The Morgan fingerprint density at radius 1 is 1.32 bits per heavy atom. The van der Waals surface area contributed by atoms with E-state index in [9.17, 15) is 4.79 Å². The van der Waals surface area contributed by atoms with Crippen molar-refractivity contribution < 1.29 is 4.79 Å². The molecular formula is C16H20N2O. The predicted molar refractivity (Wildman–Crippen MR) is 78.1 cm³/mol. The van der Waals surface area contributed by atoms with Crippen molar-refractivity contribution in [3.8, 4) is 0 Å². The van der Waals surface area contributed by atoms with Crippen LogP contribution in [0.3, 0.4) is 0 Å². The van der Waals surface area contributed by atoms with Gasteiger partial charge in [-0.2, -0.15) is 0 Å². The number of benzene rings is 1. The van der Waals surface area contributed by atoms with E-state index in [4.69, 9.17) is 5.73 Å². The molecule has 2 rings (SSSR count). The number of nitrogens with zero attached hydrogens (tertiary/aromatic N) is 1. The molecule has 0 aliphatic rings. The van der Waals surface area contributed by atoms with Crippen LogP contribution in [0.5, 0.6) is 0 Å². The average Bonchev–Trinajstić information content (AvgIpc) is 2.25. The molecule has 2 N–H and O–H groups in total. The number of aryl methyl sites for hydroxylation is 1. The molecule has 0 saturated heterocycles. The topological polar surface area (TPSA) is 56.0 Å². The van der Waals surface area contributed by atoms with E-state index < -0.39 is 0 Å². The van der Waals surface area contributed by atoms with Crippen LogP contribution in [0, 0.1) is 6.92 Å². The molecular weight excluding hydrogens is 236 g/mol. The molecule has 100 valence electrons. The number of hydrogen-bond donors (Lipinski definition) is 1. The number of hydrogen-bond acceptors (Lipinski definition) is 2.